The van der Waals surface area contributed by atoms with Gasteiger partial charge in [0.2, 0.25) is 0 Å². The molecule has 0 unspecified atom stereocenters. The van der Waals surface area contributed by atoms with Crippen LogP contribution in [0.25, 0.3) is 0 Å². The van der Waals surface area contributed by atoms with Gasteiger partial charge in [0.25, 0.3) is 0 Å². The van der Waals surface area contributed by atoms with Crippen molar-refractivity contribution in [3.63, 3.8) is 0 Å². The van der Waals surface area contributed by atoms with Crippen LogP contribution in [0.15, 0.2) is 35.4 Å². The van der Waals surface area contributed by atoms with Crippen molar-refractivity contribution in [1.29, 1.82) is 0 Å². The monoisotopic (exact) mass is 263 g/mol. The van der Waals surface area contributed by atoms with Gasteiger partial charge in [0.05, 0.1) is 18.4 Å². The summed E-state index contributed by atoms with van der Waals surface area (Å²) < 4.78 is 10.2. The molecule has 0 fully saturated rings. The normalized spacial score (nSPS) is 9.95. The average molecular weight is 263 g/mol. The first kappa shape index (κ1) is 12.6. The Morgan fingerprint density at radius 1 is 1.26 bits per heavy atom. The Bertz CT molecular complexity index is 650. The molecule has 98 valence electrons. The second-order valence-electron chi connectivity index (χ2n) is 3.42. The van der Waals surface area contributed by atoms with Crippen molar-refractivity contribution in [2.75, 3.05) is 7.11 Å². The zero-order chi connectivity index (χ0) is 13.8. The number of H-pyrrole nitrogens is 1. The van der Waals surface area contributed by atoms with Crippen molar-refractivity contribution < 1.29 is 14.4 Å². The highest BCUT2D eigenvalue weighted by Crippen LogP contribution is 2.26. The van der Waals surface area contributed by atoms with Crippen molar-refractivity contribution in [1.82, 2.24) is 9.97 Å². The Kier molecular flexibility index (Phi) is 3.42. The van der Waals surface area contributed by atoms with Gasteiger partial charge in [-0.05, 0) is 24.3 Å². The summed E-state index contributed by atoms with van der Waals surface area (Å²) in [7, 11) is 1.51. The molecule has 0 aliphatic carbocycles. The molecule has 2 aromatic rings. The molecular formula is C11H9N3O5. The van der Waals surface area contributed by atoms with Gasteiger partial charge in [0, 0.05) is 0 Å². The Hall–Kier alpha value is -2.90. The van der Waals surface area contributed by atoms with Gasteiger partial charge in [0.1, 0.15) is 11.5 Å². The molecule has 0 aliphatic rings. The third-order valence-corrected chi connectivity index (χ3v) is 2.25. The van der Waals surface area contributed by atoms with Crippen LogP contribution in [0.3, 0.4) is 0 Å². The topological polar surface area (TPSA) is 107 Å². The van der Waals surface area contributed by atoms with Gasteiger partial charge in [-0.2, -0.15) is 4.98 Å². The van der Waals surface area contributed by atoms with Crippen LogP contribution in [0.2, 0.25) is 0 Å². The van der Waals surface area contributed by atoms with Crippen LogP contribution < -0.4 is 15.0 Å². The number of nitrogens with zero attached hydrogens (tertiary/aromatic N) is 2. The molecule has 0 bridgehead atoms. The number of methoxy groups -OCH3 is 1. The molecule has 19 heavy (non-hydrogen) atoms. The van der Waals surface area contributed by atoms with Crippen LogP contribution in [0, 0.1) is 10.1 Å². The molecule has 2 rings (SSSR count). The summed E-state index contributed by atoms with van der Waals surface area (Å²) in [6.07, 6.45) is 1.04. The van der Waals surface area contributed by atoms with Crippen LogP contribution in [0.1, 0.15) is 0 Å². The van der Waals surface area contributed by atoms with Crippen LogP contribution in [0.4, 0.5) is 5.69 Å². The summed E-state index contributed by atoms with van der Waals surface area (Å²) in [6, 6.07) is 6.33. The van der Waals surface area contributed by atoms with E-state index in [0.29, 0.717) is 11.5 Å². The molecule has 1 aromatic carbocycles. The van der Waals surface area contributed by atoms with E-state index in [0.717, 1.165) is 6.33 Å². The lowest BCUT2D eigenvalue weighted by molar-refractivity contribution is -0.387. The van der Waals surface area contributed by atoms with Crippen LogP contribution in [-0.2, 0) is 0 Å². The fourth-order valence-corrected chi connectivity index (χ4v) is 1.37. The Labute approximate surface area is 106 Å². The number of aromatic nitrogens is 2. The van der Waals surface area contributed by atoms with E-state index in [1.165, 1.54) is 7.11 Å². The van der Waals surface area contributed by atoms with E-state index in [-0.39, 0.29) is 5.88 Å². The van der Waals surface area contributed by atoms with Crippen molar-refractivity contribution in [3.05, 3.63) is 51.1 Å². The lowest BCUT2D eigenvalue weighted by atomic mass is 10.3. The van der Waals surface area contributed by atoms with Gasteiger partial charge in [-0.3, -0.25) is 14.9 Å². The number of aromatic amines is 1. The van der Waals surface area contributed by atoms with Crippen LogP contribution in [0.5, 0.6) is 17.4 Å². The predicted molar refractivity (Wildman–Crippen MR) is 64.6 cm³/mol. The third-order valence-electron chi connectivity index (χ3n) is 2.25. The minimum absolute atomic E-state index is 0.307. The summed E-state index contributed by atoms with van der Waals surface area (Å²) in [5, 5.41) is 10.8. The molecule has 0 aliphatic heterocycles. The third kappa shape index (κ3) is 2.68. The van der Waals surface area contributed by atoms with Gasteiger partial charge >= 0.3 is 17.1 Å². The highest BCUT2D eigenvalue weighted by atomic mass is 16.6. The number of benzene rings is 1. The van der Waals surface area contributed by atoms with E-state index in [9.17, 15) is 14.9 Å². The molecule has 1 heterocycles. The summed E-state index contributed by atoms with van der Waals surface area (Å²) in [5.74, 6) is 0.557. The molecule has 0 spiro atoms. The number of nitrogens with one attached hydrogen (secondary N) is 1. The minimum atomic E-state index is -0.872. The molecule has 1 aromatic heterocycles. The van der Waals surface area contributed by atoms with Gasteiger partial charge < -0.3 is 14.5 Å². The Morgan fingerprint density at radius 3 is 2.47 bits per heavy atom. The molecule has 0 radical (unpaired) electrons. The first-order valence-electron chi connectivity index (χ1n) is 5.16. The highest BCUT2D eigenvalue weighted by molar-refractivity contribution is 5.41. The van der Waals surface area contributed by atoms with E-state index in [4.69, 9.17) is 9.47 Å². The lowest BCUT2D eigenvalue weighted by Gasteiger charge is -2.05. The molecule has 8 nitrogen and oxygen atoms in total. The van der Waals surface area contributed by atoms with E-state index in [2.05, 4.69) is 9.97 Å². The maximum atomic E-state index is 11.3. The van der Waals surface area contributed by atoms with Crippen LogP contribution >= 0.6 is 0 Å². The number of ether oxygens (including phenoxy) is 2. The smallest absolute Gasteiger partial charge is 0.395 e. The molecule has 0 amide bonds. The molecule has 0 saturated carbocycles. The number of nitro groups is 1. The average Bonchev–Trinajstić information content (AvgIpc) is 2.39. The van der Waals surface area contributed by atoms with Gasteiger partial charge in [-0.15, -0.1) is 0 Å². The molecule has 1 N–H and O–H groups in total. The zero-order valence-corrected chi connectivity index (χ0v) is 9.82. The fourth-order valence-electron chi connectivity index (χ4n) is 1.37. The standard InChI is InChI=1S/C11H9N3O5/c1-18-7-2-4-8(5-3-7)19-11-9(14(16)17)10(15)12-6-13-11/h2-6H,1H3,(H,12,13,15). The first-order valence-corrected chi connectivity index (χ1v) is 5.16. The van der Waals surface area contributed by atoms with E-state index in [1.807, 2.05) is 0 Å². The van der Waals surface area contributed by atoms with E-state index in [1.54, 1.807) is 24.3 Å². The number of rotatable bonds is 4. The second-order valence-corrected chi connectivity index (χ2v) is 3.42. The second kappa shape index (κ2) is 5.17. The SMILES string of the molecule is COc1ccc(Oc2nc[nH]c(=O)c2[N+](=O)[O-])cc1. The van der Waals surface area contributed by atoms with Crippen molar-refractivity contribution in [2.24, 2.45) is 0 Å². The van der Waals surface area contributed by atoms with Crippen molar-refractivity contribution >= 4 is 5.69 Å². The zero-order valence-electron chi connectivity index (χ0n) is 9.82. The maximum Gasteiger partial charge on any atom is 0.395 e. The lowest BCUT2D eigenvalue weighted by Crippen LogP contribution is -2.13. The summed E-state index contributed by atoms with van der Waals surface area (Å²) in [6.45, 7) is 0. The van der Waals surface area contributed by atoms with Crippen molar-refractivity contribution in [2.45, 2.75) is 0 Å². The van der Waals surface area contributed by atoms with Crippen LogP contribution in [-0.4, -0.2) is 22.0 Å². The largest absolute Gasteiger partial charge is 0.497 e. The summed E-state index contributed by atoms with van der Waals surface area (Å²) in [5.41, 5.74) is -1.61. The van der Waals surface area contributed by atoms with Gasteiger partial charge in [-0.25, -0.2) is 0 Å². The Balaban J connectivity index is 2.35. The minimum Gasteiger partial charge on any atom is -0.497 e. The molecule has 0 atom stereocenters. The van der Waals surface area contributed by atoms with E-state index < -0.39 is 16.2 Å². The summed E-state index contributed by atoms with van der Waals surface area (Å²) in [4.78, 5) is 27.0. The predicted octanol–water partition coefficient (Wildman–Crippen LogP) is 1.48. The molecule has 8 heteroatoms. The number of hydrogen-bond donors (Lipinski definition) is 1. The first-order chi connectivity index (χ1) is 9.11. The van der Waals surface area contributed by atoms with Crippen molar-refractivity contribution in [3.8, 4) is 17.4 Å². The van der Waals surface area contributed by atoms with Gasteiger partial charge in [-0.1, -0.05) is 0 Å². The Morgan fingerprint density at radius 2 is 1.89 bits per heavy atom. The maximum absolute atomic E-state index is 11.3. The molecular weight excluding hydrogens is 254 g/mol. The summed E-state index contributed by atoms with van der Waals surface area (Å²) >= 11 is 0. The highest BCUT2D eigenvalue weighted by Gasteiger charge is 2.22. The fraction of sp³-hybridized carbons (Fsp3) is 0.0909. The van der Waals surface area contributed by atoms with Gasteiger partial charge in [0.15, 0.2) is 0 Å². The molecule has 0 saturated heterocycles. The number of hydrogen-bond acceptors (Lipinski definition) is 6. The van der Waals surface area contributed by atoms with E-state index >= 15 is 0 Å². The quantitative estimate of drug-likeness (QED) is 0.661.